The lowest BCUT2D eigenvalue weighted by molar-refractivity contribution is -0.384. The lowest BCUT2D eigenvalue weighted by atomic mass is 10.00. The van der Waals surface area contributed by atoms with Gasteiger partial charge in [0.1, 0.15) is 0 Å². The molecule has 10 nitrogen and oxygen atoms in total. The fourth-order valence-electron chi connectivity index (χ4n) is 4.08. The molecule has 0 bridgehead atoms. The molecule has 0 radical (unpaired) electrons. The maximum atomic E-state index is 12.9. The minimum absolute atomic E-state index is 0.0445. The Morgan fingerprint density at radius 3 is 2.76 bits per heavy atom. The van der Waals surface area contributed by atoms with Crippen molar-refractivity contribution in [3.05, 3.63) is 81.7 Å². The van der Waals surface area contributed by atoms with Crippen LogP contribution in [0.25, 0.3) is 5.69 Å². The average Bonchev–Trinajstić information content (AvgIpc) is 3.46. The normalized spacial score (nSPS) is 17.8. The molecule has 0 spiro atoms. The van der Waals surface area contributed by atoms with Gasteiger partial charge in [-0.3, -0.25) is 25.8 Å². The minimum atomic E-state index is -0.466. The topological polar surface area (TPSA) is 118 Å². The van der Waals surface area contributed by atoms with Crippen LogP contribution in [-0.2, 0) is 0 Å². The molecule has 1 amide bonds. The van der Waals surface area contributed by atoms with Crippen LogP contribution in [0, 0.1) is 17.0 Å². The molecule has 1 aliphatic heterocycles. The molecule has 3 aromatic rings. The minimum Gasteiger partial charge on any atom is -0.340 e. The number of nitrogens with zero attached hydrogens (tertiary/aromatic N) is 5. The van der Waals surface area contributed by atoms with E-state index in [0.29, 0.717) is 30.0 Å². The van der Waals surface area contributed by atoms with Gasteiger partial charge in [-0.25, -0.2) is 4.68 Å². The number of hydrazine groups is 1. The highest BCUT2D eigenvalue weighted by Crippen LogP contribution is 2.24. The third kappa shape index (κ3) is 5.07. The second-order valence-corrected chi connectivity index (χ2v) is 8.27. The van der Waals surface area contributed by atoms with E-state index in [9.17, 15) is 14.9 Å². The molecule has 2 N–H and O–H groups in total. The summed E-state index contributed by atoms with van der Waals surface area (Å²) < 4.78 is 1.45. The molecule has 1 saturated heterocycles. The first-order valence-corrected chi connectivity index (χ1v) is 10.9. The monoisotopic (exact) mass is 449 g/mol. The SMILES string of the molecule is Cc1c(C(=O)N(C)CCCC2CC(c3ccccc3)NN2)nnn1-c1cccc([N+](=O)[O-])c1. The lowest BCUT2D eigenvalue weighted by Crippen LogP contribution is -2.32. The molecule has 0 saturated carbocycles. The van der Waals surface area contributed by atoms with Gasteiger partial charge < -0.3 is 4.90 Å². The van der Waals surface area contributed by atoms with Crippen LogP contribution >= 0.6 is 0 Å². The van der Waals surface area contributed by atoms with Gasteiger partial charge in [0.05, 0.1) is 16.3 Å². The van der Waals surface area contributed by atoms with Crippen LogP contribution in [0.2, 0.25) is 0 Å². The Morgan fingerprint density at radius 1 is 1.21 bits per heavy atom. The number of nitro benzene ring substituents is 1. The molecule has 0 aliphatic carbocycles. The summed E-state index contributed by atoms with van der Waals surface area (Å²) in [5.41, 5.74) is 9.21. The molecule has 172 valence electrons. The van der Waals surface area contributed by atoms with Crippen molar-refractivity contribution in [2.75, 3.05) is 13.6 Å². The first-order valence-electron chi connectivity index (χ1n) is 10.9. The highest BCUT2D eigenvalue weighted by Gasteiger charge is 2.25. The third-order valence-electron chi connectivity index (χ3n) is 5.96. The Labute approximate surface area is 191 Å². The van der Waals surface area contributed by atoms with Crippen LogP contribution in [-0.4, -0.2) is 50.4 Å². The van der Waals surface area contributed by atoms with Crippen molar-refractivity contribution in [1.82, 2.24) is 30.7 Å². The van der Waals surface area contributed by atoms with Gasteiger partial charge in [0.15, 0.2) is 5.69 Å². The molecule has 4 rings (SSSR count). The zero-order chi connectivity index (χ0) is 23.4. The number of carbonyl (C=O) groups excluding carboxylic acids is 1. The number of hydrogen-bond donors (Lipinski definition) is 2. The molecule has 33 heavy (non-hydrogen) atoms. The van der Waals surface area contributed by atoms with E-state index in [1.807, 2.05) is 18.2 Å². The van der Waals surface area contributed by atoms with Gasteiger partial charge in [0, 0.05) is 37.8 Å². The highest BCUT2D eigenvalue weighted by molar-refractivity contribution is 5.93. The number of nitrogens with one attached hydrogen (secondary N) is 2. The van der Waals surface area contributed by atoms with Gasteiger partial charge >= 0.3 is 0 Å². The summed E-state index contributed by atoms with van der Waals surface area (Å²) in [4.78, 5) is 25.2. The summed E-state index contributed by atoms with van der Waals surface area (Å²) in [5, 5.41) is 19.1. The van der Waals surface area contributed by atoms with Gasteiger partial charge in [-0.2, -0.15) is 0 Å². The number of non-ortho nitro benzene ring substituents is 1. The Hall–Kier alpha value is -3.63. The van der Waals surface area contributed by atoms with Gasteiger partial charge in [-0.05, 0) is 37.8 Å². The summed E-state index contributed by atoms with van der Waals surface area (Å²) in [7, 11) is 1.75. The summed E-state index contributed by atoms with van der Waals surface area (Å²) in [6, 6.07) is 17.1. The highest BCUT2D eigenvalue weighted by atomic mass is 16.6. The van der Waals surface area contributed by atoms with Gasteiger partial charge in [-0.1, -0.05) is 41.6 Å². The number of hydrogen-bond acceptors (Lipinski definition) is 7. The Balaban J connectivity index is 1.32. The van der Waals surface area contributed by atoms with Crippen molar-refractivity contribution in [2.45, 2.75) is 38.3 Å². The largest absolute Gasteiger partial charge is 0.340 e. The van der Waals surface area contributed by atoms with Gasteiger partial charge in [0.25, 0.3) is 11.6 Å². The summed E-state index contributed by atoms with van der Waals surface area (Å²) in [6.07, 6.45) is 2.78. The van der Waals surface area contributed by atoms with E-state index >= 15 is 0 Å². The lowest BCUT2D eigenvalue weighted by Gasteiger charge is -2.17. The molecule has 10 heteroatoms. The van der Waals surface area contributed by atoms with Crippen LogP contribution in [0.5, 0.6) is 0 Å². The van der Waals surface area contributed by atoms with Crippen LogP contribution < -0.4 is 10.9 Å². The van der Waals surface area contributed by atoms with E-state index in [4.69, 9.17) is 0 Å². The molecule has 1 fully saturated rings. The second-order valence-electron chi connectivity index (χ2n) is 8.27. The standard InChI is InChI=1S/C23H27N7O3/c1-16-22(26-27-29(16)19-11-6-12-20(15-19)30(32)33)23(31)28(2)13-7-10-18-14-21(25-24-18)17-8-4-3-5-9-17/h3-6,8-9,11-12,15,18,21,24-25H,7,10,13-14H2,1-2H3. The number of amides is 1. The van der Waals surface area contributed by atoms with Crippen LogP contribution in [0.15, 0.2) is 54.6 Å². The van der Waals surface area contributed by atoms with Crippen LogP contribution in [0.4, 0.5) is 5.69 Å². The van der Waals surface area contributed by atoms with E-state index in [-0.39, 0.29) is 17.3 Å². The summed E-state index contributed by atoms with van der Waals surface area (Å²) in [5.74, 6) is -0.219. The van der Waals surface area contributed by atoms with Crippen molar-refractivity contribution in [2.24, 2.45) is 0 Å². The van der Waals surface area contributed by atoms with Crippen LogP contribution in [0.3, 0.4) is 0 Å². The fourth-order valence-corrected chi connectivity index (χ4v) is 4.08. The third-order valence-corrected chi connectivity index (χ3v) is 5.96. The number of nitro groups is 1. The van der Waals surface area contributed by atoms with Crippen molar-refractivity contribution in [3.8, 4) is 5.69 Å². The summed E-state index contributed by atoms with van der Waals surface area (Å²) in [6.45, 7) is 2.33. The fraction of sp³-hybridized carbons (Fsp3) is 0.348. The maximum absolute atomic E-state index is 12.9. The quantitative estimate of drug-likeness (QED) is 0.401. The predicted molar refractivity (Wildman–Crippen MR) is 123 cm³/mol. The van der Waals surface area contributed by atoms with E-state index in [1.54, 1.807) is 31.0 Å². The zero-order valence-electron chi connectivity index (χ0n) is 18.6. The molecule has 2 aromatic carbocycles. The number of carbonyl (C=O) groups is 1. The first kappa shape index (κ1) is 22.6. The maximum Gasteiger partial charge on any atom is 0.276 e. The predicted octanol–water partition coefficient (Wildman–Crippen LogP) is 2.94. The number of benzene rings is 2. The molecule has 2 heterocycles. The molecule has 2 unspecified atom stereocenters. The van der Waals surface area contributed by atoms with Crippen molar-refractivity contribution >= 4 is 11.6 Å². The van der Waals surface area contributed by atoms with Gasteiger partial charge in [-0.15, -0.1) is 5.10 Å². The van der Waals surface area contributed by atoms with E-state index in [0.717, 1.165) is 19.3 Å². The Morgan fingerprint density at radius 2 is 2.00 bits per heavy atom. The van der Waals surface area contributed by atoms with Crippen molar-refractivity contribution in [1.29, 1.82) is 0 Å². The molecule has 1 aliphatic rings. The molecular formula is C23H27N7O3. The van der Waals surface area contributed by atoms with Gasteiger partial charge in [0.2, 0.25) is 0 Å². The Kier molecular flexibility index (Phi) is 6.76. The smallest absolute Gasteiger partial charge is 0.276 e. The Bertz CT molecular complexity index is 1130. The first-order chi connectivity index (χ1) is 15.9. The van der Waals surface area contributed by atoms with Crippen molar-refractivity contribution < 1.29 is 9.72 Å². The summed E-state index contributed by atoms with van der Waals surface area (Å²) >= 11 is 0. The number of aromatic nitrogens is 3. The van der Waals surface area contributed by atoms with E-state index in [2.05, 4.69) is 33.3 Å². The molecule has 2 atom stereocenters. The average molecular weight is 450 g/mol. The zero-order valence-corrected chi connectivity index (χ0v) is 18.6. The van der Waals surface area contributed by atoms with Crippen LogP contribution in [0.1, 0.15) is 47.1 Å². The van der Waals surface area contributed by atoms with E-state index < -0.39 is 4.92 Å². The second kappa shape index (κ2) is 9.88. The number of rotatable bonds is 8. The van der Waals surface area contributed by atoms with E-state index in [1.165, 1.54) is 22.4 Å². The van der Waals surface area contributed by atoms with Crippen molar-refractivity contribution in [3.63, 3.8) is 0 Å². The molecule has 1 aromatic heterocycles. The molecular weight excluding hydrogens is 422 g/mol.